The summed E-state index contributed by atoms with van der Waals surface area (Å²) in [6.07, 6.45) is 0. The molecule has 0 radical (unpaired) electrons. The number of rotatable bonds is 12. The summed E-state index contributed by atoms with van der Waals surface area (Å²) in [6, 6.07) is 20.4. The lowest BCUT2D eigenvalue weighted by Gasteiger charge is -2.15. The summed E-state index contributed by atoms with van der Waals surface area (Å²) in [5, 5.41) is 30.7. The maximum absolute atomic E-state index is 10.2. The van der Waals surface area contributed by atoms with Crippen molar-refractivity contribution in [1.29, 1.82) is 0 Å². The van der Waals surface area contributed by atoms with Crippen LogP contribution in [-0.2, 0) is 39.5 Å². The number of phenolic OH excluding ortho intramolecular Hbond substituents is 3. The number of hydrogen-bond acceptors (Lipinski definition) is 9. The van der Waals surface area contributed by atoms with Crippen LogP contribution in [0.15, 0.2) is 72.8 Å². The summed E-state index contributed by atoms with van der Waals surface area (Å²) in [4.78, 5) is 0. The van der Waals surface area contributed by atoms with Gasteiger partial charge in [0.25, 0.3) is 0 Å². The Morgan fingerprint density at radius 1 is 0.436 bits per heavy atom. The van der Waals surface area contributed by atoms with Crippen molar-refractivity contribution < 1.29 is 29.5 Å². The Labute approximate surface area is 227 Å². The summed E-state index contributed by atoms with van der Waals surface area (Å²) < 4.78 is 18.0. The first-order valence-corrected chi connectivity index (χ1v) is 12.4. The van der Waals surface area contributed by atoms with E-state index in [1.807, 2.05) is 0 Å². The number of benzene rings is 4. The number of ether oxygens (including phenoxy) is 3. The molecule has 4 aromatic carbocycles. The molecular weight excluding hydrogens is 498 g/mol. The molecule has 0 saturated carbocycles. The largest absolute Gasteiger partial charge is 0.508 e. The van der Waals surface area contributed by atoms with Crippen molar-refractivity contribution in [2.24, 2.45) is 17.2 Å². The third-order valence-corrected chi connectivity index (χ3v) is 6.18. The smallest absolute Gasteiger partial charge is 0.127 e. The molecule has 0 heterocycles. The summed E-state index contributed by atoms with van der Waals surface area (Å²) in [5.41, 5.74) is 21.5. The van der Waals surface area contributed by atoms with Gasteiger partial charge in [-0.25, -0.2) is 0 Å². The average Bonchev–Trinajstić information content (AvgIpc) is 2.96. The normalized spacial score (nSPS) is 10.8. The standard InChI is InChI=1S/C30H33N3O6/c31-13-19-1-4-28(34)22(7-19)16-37-25-10-26(38-17-23-8-20(14-32)2-5-29(23)35)12-27(11-25)39-18-24-9-21(15-33)3-6-30(24)36/h1-12,34-36H,13-18,31-33H2. The van der Waals surface area contributed by atoms with Gasteiger partial charge in [-0.15, -0.1) is 0 Å². The van der Waals surface area contributed by atoms with Gasteiger partial charge in [0.15, 0.2) is 0 Å². The Morgan fingerprint density at radius 2 is 0.718 bits per heavy atom. The SMILES string of the molecule is NCc1ccc(O)c(COc2cc(OCc3cc(CN)ccc3O)cc(OCc3cc(CN)ccc3O)c2)c1. The van der Waals surface area contributed by atoms with Crippen molar-refractivity contribution in [3.63, 3.8) is 0 Å². The second-order valence-corrected chi connectivity index (χ2v) is 9.01. The van der Waals surface area contributed by atoms with Crippen LogP contribution in [0.3, 0.4) is 0 Å². The number of hydrogen-bond donors (Lipinski definition) is 6. The van der Waals surface area contributed by atoms with Crippen molar-refractivity contribution in [1.82, 2.24) is 0 Å². The molecule has 0 fully saturated rings. The van der Waals surface area contributed by atoms with Crippen molar-refractivity contribution in [3.8, 4) is 34.5 Å². The minimum atomic E-state index is 0.0846. The van der Waals surface area contributed by atoms with E-state index in [0.29, 0.717) is 53.6 Å². The predicted molar refractivity (Wildman–Crippen MR) is 147 cm³/mol. The van der Waals surface area contributed by atoms with Crippen LogP contribution in [0.4, 0.5) is 0 Å². The van der Waals surface area contributed by atoms with Crippen LogP contribution in [0.25, 0.3) is 0 Å². The molecular formula is C30H33N3O6. The van der Waals surface area contributed by atoms with Gasteiger partial charge in [-0.3, -0.25) is 0 Å². The summed E-state index contributed by atoms with van der Waals surface area (Å²) in [6.45, 7) is 1.27. The molecule has 39 heavy (non-hydrogen) atoms. The third-order valence-electron chi connectivity index (χ3n) is 6.18. The van der Waals surface area contributed by atoms with Crippen molar-refractivity contribution in [3.05, 3.63) is 106 Å². The van der Waals surface area contributed by atoms with E-state index in [0.717, 1.165) is 16.7 Å². The van der Waals surface area contributed by atoms with Gasteiger partial charge in [0.1, 0.15) is 54.3 Å². The minimum absolute atomic E-state index is 0.0846. The fourth-order valence-electron chi connectivity index (χ4n) is 3.92. The van der Waals surface area contributed by atoms with Crippen LogP contribution in [0.5, 0.6) is 34.5 Å². The molecule has 204 valence electrons. The topological polar surface area (TPSA) is 166 Å². The van der Waals surface area contributed by atoms with Crippen LogP contribution >= 0.6 is 0 Å². The van der Waals surface area contributed by atoms with Gasteiger partial charge in [-0.05, 0) is 53.1 Å². The maximum Gasteiger partial charge on any atom is 0.127 e. The van der Waals surface area contributed by atoms with Gasteiger partial charge in [0.2, 0.25) is 0 Å². The van der Waals surface area contributed by atoms with Crippen LogP contribution in [-0.4, -0.2) is 15.3 Å². The molecule has 0 unspecified atom stereocenters. The van der Waals surface area contributed by atoms with Crippen molar-refractivity contribution in [2.45, 2.75) is 39.5 Å². The highest BCUT2D eigenvalue weighted by molar-refractivity contribution is 5.44. The number of phenols is 3. The molecule has 9 nitrogen and oxygen atoms in total. The molecule has 0 atom stereocenters. The molecule has 4 rings (SSSR count). The Kier molecular flexibility index (Phi) is 9.11. The van der Waals surface area contributed by atoms with Crippen LogP contribution in [0.1, 0.15) is 33.4 Å². The van der Waals surface area contributed by atoms with Gasteiger partial charge in [-0.2, -0.15) is 0 Å². The lowest BCUT2D eigenvalue weighted by Crippen LogP contribution is -2.03. The third kappa shape index (κ3) is 7.32. The molecule has 9 N–H and O–H groups in total. The molecule has 0 amide bonds. The average molecular weight is 532 g/mol. The highest BCUT2D eigenvalue weighted by Gasteiger charge is 2.11. The highest BCUT2D eigenvalue weighted by atomic mass is 16.5. The van der Waals surface area contributed by atoms with Gasteiger partial charge in [0, 0.05) is 54.5 Å². The van der Waals surface area contributed by atoms with E-state index in [1.54, 1.807) is 72.8 Å². The zero-order valence-corrected chi connectivity index (χ0v) is 21.5. The first-order valence-electron chi connectivity index (χ1n) is 12.4. The maximum atomic E-state index is 10.2. The number of aromatic hydroxyl groups is 3. The minimum Gasteiger partial charge on any atom is -0.508 e. The highest BCUT2D eigenvalue weighted by Crippen LogP contribution is 2.32. The zero-order chi connectivity index (χ0) is 27.8. The Balaban J connectivity index is 1.56. The molecule has 0 saturated heterocycles. The van der Waals surface area contributed by atoms with Gasteiger partial charge in [-0.1, -0.05) is 18.2 Å². The fourth-order valence-corrected chi connectivity index (χ4v) is 3.92. The monoisotopic (exact) mass is 531 g/mol. The second kappa shape index (κ2) is 12.9. The Bertz CT molecular complexity index is 1240. The molecule has 0 aliphatic heterocycles. The van der Waals surface area contributed by atoms with Crippen molar-refractivity contribution >= 4 is 0 Å². The van der Waals surface area contributed by atoms with Gasteiger partial charge in [0.05, 0.1) is 0 Å². The summed E-state index contributed by atoms with van der Waals surface area (Å²) >= 11 is 0. The number of nitrogens with two attached hydrogens (primary N) is 3. The van der Waals surface area contributed by atoms with E-state index in [2.05, 4.69) is 0 Å². The lowest BCUT2D eigenvalue weighted by molar-refractivity contribution is 0.269. The van der Waals surface area contributed by atoms with E-state index in [9.17, 15) is 15.3 Å². The van der Waals surface area contributed by atoms with E-state index >= 15 is 0 Å². The molecule has 9 heteroatoms. The summed E-state index contributed by atoms with van der Waals surface area (Å²) in [7, 11) is 0. The van der Waals surface area contributed by atoms with Crippen LogP contribution in [0, 0.1) is 0 Å². The lowest BCUT2D eigenvalue weighted by atomic mass is 10.1. The molecule has 4 aromatic rings. The molecule has 0 aliphatic carbocycles. The van der Waals surface area contributed by atoms with Crippen LogP contribution < -0.4 is 31.4 Å². The van der Waals surface area contributed by atoms with E-state index < -0.39 is 0 Å². The second-order valence-electron chi connectivity index (χ2n) is 9.01. The van der Waals surface area contributed by atoms with E-state index in [4.69, 9.17) is 31.4 Å². The van der Waals surface area contributed by atoms with E-state index in [-0.39, 0.29) is 37.1 Å². The quantitative estimate of drug-likeness (QED) is 0.159. The van der Waals surface area contributed by atoms with E-state index in [1.165, 1.54) is 0 Å². The predicted octanol–water partition coefficient (Wildman–Crippen LogP) is 3.92. The fraction of sp³-hybridized carbons (Fsp3) is 0.200. The molecule has 0 spiro atoms. The Hall–Kier alpha value is -4.44. The Morgan fingerprint density at radius 3 is 0.974 bits per heavy atom. The van der Waals surface area contributed by atoms with Gasteiger partial charge < -0.3 is 46.7 Å². The first-order chi connectivity index (χ1) is 18.9. The van der Waals surface area contributed by atoms with Gasteiger partial charge >= 0.3 is 0 Å². The molecule has 0 aliphatic rings. The summed E-state index contributed by atoms with van der Waals surface area (Å²) in [5.74, 6) is 1.59. The van der Waals surface area contributed by atoms with Crippen molar-refractivity contribution in [2.75, 3.05) is 0 Å². The zero-order valence-electron chi connectivity index (χ0n) is 21.5. The van der Waals surface area contributed by atoms with Crippen LogP contribution in [0.2, 0.25) is 0 Å². The molecule has 0 aromatic heterocycles. The molecule has 0 bridgehead atoms. The first kappa shape index (κ1) is 27.6.